The highest BCUT2D eigenvalue weighted by atomic mass is 32.2. The van der Waals surface area contributed by atoms with Gasteiger partial charge in [0.15, 0.2) is 6.10 Å². The van der Waals surface area contributed by atoms with Crippen molar-refractivity contribution >= 4 is 39.6 Å². The molecule has 2 heterocycles. The van der Waals surface area contributed by atoms with Gasteiger partial charge in [-0.1, -0.05) is 68.1 Å². The molecule has 8 N–H and O–H groups in total. The number of nitrogens with two attached hydrogens (primary N) is 2. The lowest BCUT2D eigenvalue weighted by atomic mass is 9.85. The molecular formula is C48H62F3N7O9S. The summed E-state index contributed by atoms with van der Waals surface area (Å²) in [5.74, 6) is -3.56. The molecule has 0 saturated carbocycles. The lowest BCUT2D eigenvalue weighted by Crippen LogP contribution is -2.66. The number of alkyl halides is 3. The quantitative estimate of drug-likeness (QED) is 0.0793. The van der Waals surface area contributed by atoms with E-state index in [2.05, 4.69) is 16.0 Å². The van der Waals surface area contributed by atoms with Crippen LogP contribution in [0.3, 0.4) is 0 Å². The molecular weight excluding hydrogens is 908 g/mol. The van der Waals surface area contributed by atoms with Crippen LogP contribution in [0.4, 0.5) is 18.0 Å². The molecule has 2 aliphatic heterocycles. The van der Waals surface area contributed by atoms with Crippen LogP contribution in [0.5, 0.6) is 0 Å². The lowest BCUT2D eigenvalue weighted by molar-refractivity contribution is -0.160. The fourth-order valence-corrected chi connectivity index (χ4v) is 9.92. The first-order valence-corrected chi connectivity index (χ1v) is 24.1. The summed E-state index contributed by atoms with van der Waals surface area (Å²) < 4.78 is 75.7. The maximum atomic E-state index is 15.1. The van der Waals surface area contributed by atoms with Crippen molar-refractivity contribution < 1.29 is 55.4 Å². The second kappa shape index (κ2) is 22.1. The monoisotopic (exact) mass is 969 g/mol. The summed E-state index contributed by atoms with van der Waals surface area (Å²) in [7, 11) is -4.59. The topological polar surface area (TPSA) is 244 Å². The molecule has 2 aliphatic rings. The molecule has 68 heavy (non-hydrogen) atoms. The molecule has 3 aromatic rings. The van der Waals surface area contributed by atoms with Crippen molar-refractivity contribution in [1.82, 2.24) is 26.0 Å². The number of nitrogens with zero attached hydrogens (tertiary/aromatic N) is 2. The molecule has 1 saturated heterocycles. The van der Waals surface area contributed by atoms with E-state index in [9.17, 15) is 37.5 Å². The second-order valence-corrected chi connectivity index (χ2v) is 20.2. The van der Waals surface area contributed by atoms with E-state index in [-0.39, 0.29) is 67.1 Å². The number of halogens is 3. The van der Waals surface area contributed by atoms with Crippen LogP contribution < -0.4 is 27.4 Å². The number of hydrazine groups is 1. The Bertz CT molecular complexity index is 2440. The van der Waals surface area contributed by atoms with Gasteiger partial charge >= 0.3 is 12.3 Å². The number of aliphatic hydroxyl groups excluding tert-OH is 1. The van der Waals surface area contributed by atoms with Gasteiger partial charge in [-0.3, -0.25) is 19.2 Å². The number of nitrogens with one attached hydrogen (secondary N) is 3. The predicted octanol–water partition coefficient (Wildman–Crippen LogP) is 5.31. The number of amides is 5. The van der Waals surface area contributed by atoms with E-state index in [1.54, 1.807) is 52.0 Å². The van der Waals surface area contributed by atoms with E-state index in [1.165, 1.54) is 41.4 Å². The Hall–Kier alpha value is -5.83. The Labute approximate surface area is 394 Å². The normalized spacial score (nSPS) is 18.7. The SMILES string of the molecule is CCCCCC1C(S(=O)(=O)c2ccc(C)cc2)=C(C(=O)N[C@@H](CCCCNC(=O)OC(C)(C)C)C(O)C(=O)NCc2ccc(C(N)=O)cc2)N2C(=O)C(N)(Cc3ccc(C(F)(F)F)cc3)CCN12. The number of aliphatic hydroxyl groups is 1. The summed E-state index contributed by atoms with van der Waals surface area (Å²) in [4.78, 5) is 67.1. The molecule has 370 valence electrons. The van der Waals surface area contributed by atoms with Gasteiger partial charge in [0.2, 0.25) is 15.7 Å². The molecule has 0 spiro atoms. The highest BCUT2D eigenvalue weighted by molar-refractivity contribution is 7.95. The maximum absolute atomic E-state index is 15.1. The third-order valence-corrected chi connectivity index (χ3v) is 13.7. The third-order valence-electron chi connectivity index (χ3n) is 11.8. The van der Waals surface area contributed by atoms with Crippen LogP contribution >= 0.6 is 0 Å². The van der Waals surface area contributed by atoms with Crippen molar-refractivity contribution in [3.8, 4) is 0 Å². The van der Waals surface area contributed by atoms with Crippen LogP contribution in [-0.4, -0.2) is 95.7 Å². The van der Waals surface area contributed by atoms with Crippen molar-refractivity contribution in [2.24, 2.45) is 11.5 Å². The number of ether oxygens (including phenoxy) is 1. The number of alkyl carbamates (subject to hydrolysis) is 1. The number of carbonyl (C=O) groups is 5. The average Bonchev–Trinajstić information content (AvgIpc) is 3.61. The van der Waals surface area contributed by atoms with E-state index in [0.29, 0.717) is 30.4 Å². The zero-order valence-electron chi connectivity index (χ0n) is 39.0. The fraction of sp³-hybridized carbons (Fsp3) is 0.479. The van der Waals surface area contributed by atoms with Crippen molar-refractivity contribution in [1.29, 1.82) is 0 Å². The Morgan fingerprint density at radius 2 is 1.54 bits per heavy atom. The summed E-state index contributed by atoms with van der Waals surface area (Å²) in [6, 6.07) is 13.7. The van der Waals surface area contributed by atoms with Gasteiger partial charge in [0.1, 0.15) is 16.8 Å². The Morgan fingerprint density at radius 1 is 0.912 bits per heavy atom. The minimum absolute atomic E-state index is 0.0249. The highest BCUT2D eigenvalue weighted by Crippen LogP contribution is 2.43. The van der Waals surface area contributed by atoms with Gasteiger partial charge in [-0.25, -0.2) is 23.2 Å². The number of sulfone groups is 1. The molecule has 0 aliphatic carbocycles. The van der Waals surface area contributed by atoms with Crippen molar-refractivity contribution in [2.75, 3.05) is 13.1 Å². The van der Waals surface area contributed by atoms with Crippen molar-refractivity contribution in [3.05, 3.63) is 111 Å². The van der Waals surface area contributed by atoms with Gasteiger partial charge in [0, 0.05) is 25.2 Å². The molecule has 4 atom stereocenters. The number of fused-ring (bicyclic) bond motifs is 1. The minimum atomic E-state index is -4.61. The van der Waals surface area contributed by atoms with Gasteiger partial charge < -0.3 is 37.3 Å². The molecule has 5 amide bonds. The van der Waals surface area contributed by atoms with E-state index >= 15 is 13.2 Å². The third kappa shape index (κ3) is 13.2. The van der Waals surface area contributed by atoms with Gasteiger partial charge in [-0.2, -0.15) is 13.2 Å². The summed E-state index contributed by atoms with van der Waals surface area (Å²) >= 11 is 0. The molecule has 3 aromatic carbocycles. The maximum Gasteiger partial charge on any atom is 0.416 e. The van der Waals surface area contributed by atoms with E-state index < -0.39 is 86.3 Å². The number of hydrogen-bond donors (Lipinski definition) is 6. The summed E-state index contributed by atoms with van der Waals surface area (Å²) in [6.07, 6.45) is -4.95. The first-order chi connectivity index (χ1) is 31.9. The van der Waals surface area contributed by atoms with E-state index in [1.807, 2.05) is 6.92 Å². The molecule has 1 fully saturated rings. The summed E-state index contributed by atoms with van der Waals surface area (Å²) in [6.45, 7) is 8.84. The number of aryl methyl sites for hydroxylation is 1. The standard InChI is InChI=1S/C48H62F3N7O9S/c1-6-7-8-12-37-40(68(65,66)35-23-13-30(2)14-24-35)38(58-44(63)47(53,25-27-57(37)58)28-31-17-21-34(22-18-31)48(49,50)51)42(61)56-36(11-9-10-26-54-45(64)67-46(3,4)5)39(59)43(62)55-29-32-15-19-33(20-16-32)41(52)60/h13-24,36-37,39,59H,6-12,25-29,53H2,1-5H3,(H2,52,60)(H,54,64)(H,55,62)(H,56,61)/t36-,37?,39?,47?/m0/s1. The molecule has 0 aromatic heterocycles. The van der Waals surface area contributed by atoms with Crippen molar-refractivity contribution in [3.63, 3.8) is 0 Å². The Balaban J connectivity index is 1.55. The molecule has 0 radical (unpaired) electrons. The van der Waals surface area contributed by atoms with Gasteiger partial charge in [0.05, 0.1) is 27.4 Å². The van der Waals surface area contributed by atoms with Gasteiger partial charge in [-0.05, 0) is 114 Å². The molecule has 20 heteroatoms. The molecule has 3 unspecified atom stereocenters. The number of primary amides is 1. The van der Waals surface area contributed by atoms with Crippen LogP contribution in [0, 0.1) is 6.92 Å². The van der Waals surface area contributed by atoms with Gasteiger partial charge in [-0.15, -0.1) is 0 Å². The second-order valence-electron chi connectivity index (χ2n) is 18.3. The average molecular weight is 970 g/mol. The van der Waals surface area contributed by atoms with Crippen LogP contribution in [0.15, 0.2) is 88.3 Å². The molecule has 5 rings (SSSR count). The highest BCUT2D eigenvalue weighted by Gasteiger charge is 2.56. The Morgan fingerprint density at radius 3 is 2.13 bits per heavy atom. The lowest BCUT2D eigenvalue weighted by Gasteiger charge is -2.45. The number of hydrogen-bond acceptors (Lipinski definition) is 11. The van der Waals surface area contributed by atoms with Crippen LogP contribution in [0.2, 0.25) is 0 Å². The number of unbranched alkanes of at least 4 members (excludes halogenated alkanes) is 3. The fourth-order valence-electron chi connectivity index (χ4n) is 8.14. The zero-order chi connectivity index (χ0) is 50.2. The predicted molar refractivity (Wildman–Crippen MR) is 246 cm³/mol. The first kappa shape index (κ1) is 53.1. The van der Waals surface area contributed by atoms with E-state index in [4.69, 9.17) is 16.2 Å². The van der Waals surface area contributed by atoms with Crippen molar-refractivity contribution in [2.45, 2.75) is 139 Å². The number of rotatable bonds is 20. The smallest absolute Gasteiger partial charge is 0.416 e. The van der Waals surface area contributed by atoms with Crippen LogP contribution in [0.25, 0.3) is 0 Å². The summed E-state index contributed by atoms with van der Waals surface area (Å²) in [5.41, 5.74) is 9.98. The van der Waals surface area contributed by atoms with E-state index in [0.717, 1.165) is 29.1 Å². The minimum Gasteiger partial charge on any atom is -0.444 e. The number of benzene rings is 3. The summed E-state index contributed by atoms with van der Waals surface area (Å²) in [5, 5.41) is 22.1. The number of carbonyl (C=O) groups excluding carboxylic acids is 5. The van der Waals surface area contributed by atoms with Crippen LogP contribution in [-0.2, 0) is 48.1 Å². The zero-order valence-corrected chi connectivity index (χ0v) is 39.8. The van der Waals surface area contributed by atoms with Crippen LogP contribution in [0.1, 0.15) is 112 Å². The molecule has 0 bridgehead atoms. The largest absolute Gasteiger partial charge is 0.444 e. The first-order valence-electron chi connectivity index (χ1n) is 22.6. The molecule has 16 nitrogen and oxygen atoms in total. The van der Waals surface area contributed by atoms with Gasteiger partial charge in [0.25, 0.3) is 17.7 Å². The Kier molecular flexibility index (Phi) is 17.2.